The number of hydrogen-bond acceptors (Lipinski definition) is 6. The van der Waals surface area contributed by atoms with Gasteiger partial charge >= 0.3 is 0 Å². The summed E-state index contributed by atoms with van der Waals surface area (Å²) in [4.78, 5) is 8.28. The first kappa shape index (κ1) is 42.8. The molecule has 11 rings (SSSR count). The number of furan rings is 1. The van der Waals surface area contributed by atoms with Gasteiger partial charge in [-0.1, -0.05) is 85.1 Å². The maximum Gasteiger partial charge on any atom is 0.116 e. The second-order valence-electron chi connectivity index (χ2n) is 14.3. The zero-order valence-electron chi connectivity index (χ0n) is 32.2. The van der Waals surface area contributed by atoms with E-state index in [1.807, 2.05) is 101 Å². The third kappa shape index (κ3) is 7.98. The maximum absolute atomic E-state index is 5.99. The molecule has 6 aromatic carbocycles. The Labute approximate surface area is 381 Å². The topological polar surface area (TPSA) is 43.9 Å². The Morgan fingerprint density at radius 1 is 0.655 bits per heavy atom. The van der Waals surface area contributed by atoms with Crippen LogP contribution in [0, 0.1) is 31.5 Å². The second kappa shape index (κ2) is 18.0. The minimum Gasteiger partial charge on any atom is -0.514 e. The van der Waals surface area contributed by atoms with Crippen molar-refractivity contribution in [1.29, 1.82) is 0 Å². The van der Waals surface area contributed by atoms with Crippen LogP contribution in [0.4, 0.5) is 22.7 Å². The molecule has 3 radical (unpaired) electrons. The van der Waals surface area contributed by atoms with Gasteiger partial charge in [-0.15, -0.1) is 22.9 Å². The molecule has 0 unspecified atom stereocenters. The first-order valence-electron chi connectivity index (χ1n) is 18.3. The first-order valence-corrected chi connectivity index (χ1v) is 18.3. The summed E-state index contributed by atoms with van der Waals surface area (Å²) in [5.41, 5.74) is 12.6. The van der Waals surface area contributed by atoms with E-state index >= 15 is 0 Å². The average Bonchev–Trinajstić information content (AvgIpc) is 4.07. The van der Waals surface area contributed by atoms with E-state index < -0.39 is 0 Å². The Kier molecular flexibility index (Phi) is 13.3. The van der Waals surface area contributed by atoms with Crippen molar-refractivity contribution in [2.45, 2.75) is 19.3 Å². The number of fused-ring (bicyclic) bond motifs is 7. The normalized spacial score (nSPS) is 13.9. The molecule has 58 heavy (non-hydrogen) atoms. The van der Waals surface area contributed by atoms with Gasteiger partial charge in [0.05, 0.1) is 0 Å². The molecule has 0 bridgehead atoms. The van der Waals surface area contributed by atoms with E-state index in [4.69, 9.17) is 4.42 Å². The van der Waals surface area contributed by atoms with Gasteiger partial charge in [-0.25, -0.2) is 0 Å². The Hall–Kier alpha value is -4.78. The summed E-state index contributed by atoms with van der Waals surface area (Å²) in [7, 11) is 4.05. The van der Waals surface area contributed by atoms with Crippen molar-refractivity contribution < 1.29 is 64.7 Å². The second-order valence-corrected chi connectivity index (χ2v) is 14.3. The molecular weight excluding hydrogens is 1250 g/mol. The van der Waals surface area contributed by atoms with Crippen molar-refractivity contribution in [3.8, 4) is 16.8 Å². The zero-order valence-corrected chi connectivity index (χ0v) is 39.4. The molecular formula is C48H39Ir3N6O-5. The number of anilines is 4. The molecule has 10 heteroatoms. The minimum absolute atomic E-state index is 0. The smallest absolute Gasteiger partial charge is 0.116 e. The van der Waals surface area contributed by atoms with Gasteiger partial charge in [0.25, 0.3) is 0 Å². The molecule has 0 saturated heterocycles. The largest absolute Gasteiger partial charge is 0.514 e. The number of aromatic nitrogens is 2. The van der Waals surface area contributed by atoms with Crippen molar-refractivity contribution in [2.75, 3.05) is 28.8 Å². The van der Waals surface area contributed by atoms with E-state index in [1.165, 1.54) is 33.6 Å². The maximum atomic E-state index is 5.99. The Morgan fingerprint density at radius 3 is 2.17 bits per heavy atom. The molecule has 299 valence electrons. The number of benzene rings is 6. The summed E-state index contributed by atoms with van der Waals surface area (Å²) in [5.74, 6) is 0. The molecule has 3 aliphatic rings. The van der Waals surface area contributed by atoms with Crippen LogP contribution in [0.25, 0.3) is 38.8 Å². The third-order valence-corrected chi connectivity index (χ3v) is 10.4. The van der Waals surface area contributed by atoms with E-state index in [-0.39, 0.29) is 65.7 Å². The number of para-hydroxylation sites is 4. The molecule has 0 atom stereocenters. The quantitative estimate of drug-likeness (QED) is 0.164. The van der Waals surface area contributed by atoms with Gasteiger partial charge in [0, 0.05) is 95.1 Å². The van der Waals surface area contributed by atoms with Crippen molar-refractivity contribution >= 4 is 44.7 Å². The number of nitrogens with zero attached hydrogens (tertiary/aromatic N) is 6. The zero-order chi connectivity index (χ0) is 37.5. The molecule has 4 heterocycles. The van der Waals surface area contributed by atoms with Crippen LogP contribution in [0.15, 0.2) is 157 Å². The number of rotatable bonds is 3. The SMILES string of the molecule is CC1(C)c2ccccc2-c2c[c-]c(-n3cccn3)cc21.CN1C=CN(c2[c-]ccc3c2oc2ccccc23)[CH-]1.CN1[CH-]N(c2[c-]cccc2)c2ccccc21.[Ir].[Ir].[Ir]. The predicted molar refractivity (Wildman–Crippen MR) is 223 cm³/mol. The van der Waals surface area contributed by atoms with Crippen LogP contribution in [0.3, 0.4) is 0 Å². The fraction of sp³-hybridized carbons (Fsp3) is 0.104. The van der Waals surface area contributed by atoms with Crippen LogP contribution in [-0.2, 0) is 65.7 Å². The van der Waals surface area contributed by atoms with Crippen molar-refractivity contribution in [2.24, 2.45) is 0 Å². The fourth-order valence-electron chi connectivity index (χ4n) is 7.61. The number of hydrogen-bond donors (Lipinski definition) is 0. The molecule has 2 aromatic heterocycles. The van der Waals surface area contributed by atoms with E-state index in [0.717, 1.165) is 39.0 Å². The molecule has 0 spiro atoms. The summed E-state index contributed by atoms with van der Waals surface area (Å²) in [5, 5.41) is 6.56. The third-order valence-electron chi connectivity index (χ3n) is 10.4. The summed E-state index contributed by atoms with van der Waals surface area (Å²) < 4.78 is 7.85. The van der Waals surface area contributed by atoms with Gasteiger partial charge in [0.15, 0.2) is 0 Å². The van der Waals surface area contributed by atoms with E-state index in [1.54, 1.807) is 6.20 Å². The van der Waals surface area contributed by atoms with Crippen LogP contribution < -0.4 is 14.7 Å². The first-order chi connectivity index (χ1) is 26.9. The van der Waals surface area contributed by atoms with Gasteiger partial charge in [-0.05, 0) is 67.4 Å². The average molecular weight is 1290 g/mol. The van der Waals surface area contributed by atoms with Crippen LogP contribution in [-0.4, -0.2) is 28.8 Å². The van der Waals surface area contributed by atoms with Gasteiger partial charge in [0.1, 0.15) is 5.58 Å². The monoisotopic (exact) mass is 1290 g/mol. The summed E-state index contributed by atoms with van der Waals surface area (Å²) in [6.45, 7) is 8.64. The van der Waals surface area contributed by atoms with E-state index in [9.17, 15) is 0 Å². The van der Waals surface area contributed by atoms with Crippen molar-refractivity contribution in [3.05, 3.63) is 195 Å². The molecule has 8 aromatic rings. The van der Waals surface area contributed by atoms with E-state index in [0.29, 0.717) is 0 Å². The molecule has 2 aliphatic heterocycles. The Balaban J connectivity index is 0.000000144. The minimum atomic E-state index is 0. The van der Waals surface area contributed by atoms with Gasteiger partial charge < -0.3 is 24.0 Å². The molecule has 1 aliphatic carbocycles. The van der Waals surface area contributed by atoms with E-state index in [2.05, 4.69) is 133 Å². The Morgan fingerprint density at radius 2 is 1.41 bits per heavy atom. The van der Waals surface area contributed by atoms with Crippen molar-refractivity contribution in [3.63, 3.8) is 0 Å². The van der Waals surface area contributed by atoms with Gasteiger partial charge in [-0.2, -0.15) is 79.1 Å². The predicted octanol–water partition coefficient (Wildman–Crippen LogP) is 10.9. The standard InChI is InChI=1S/C18H15N2.C16H12N2O.C14H12N2.3Ir/c1-18(2)16-7-4-3-6-14(16)15-9-8-13(12-17(15)18)20-11-5-10-19-20;1-17-9-10-18(11-17)14-7-4-6-13-12-5-2-3-8-15(12)19-16(13)14;1-15-11-16(12-7-3-2-4-8-12)14-10-6-5-9-13(14)15;;;/h3-7,9-12H,1-2H3;2-6,8-11H,1H3;2-7,9-11H,1H3;;;/q-1;2*-2;;;. The van der Waals surface area contributed by atoms with Crippen molar-refractivity contribution in [1.82, 2.24) is 14.7 Å². The van der Waals surface area contributed by atoms with Crippen LogP contribution in [0.1, 0.15) is 25.0 Å². The summed E-state index contributed by atoms with van der Waals surface area (Å²) >= 11 is 0. The molecule has 0 amide bonds. The molecule has 0 fully saturated rings. The summed E-state index contributed by atoms with van der Waals surface area (Å²) in [6, 6.07) is 53.2. The van der Waals surface area contributed by atoms with Crippen LogP contribution >= 0.6 is 0 Å². The van der Waals surface area contributed by atoms with Crippen LogP contribution in [0.5, 0.6) is 0 Å². The van der Waals surface area contributed by atoms with Gasteiger partial charge in [0.2, 0.25) is 0 Å². The fourth-order valence-corrected chi connectivity index (χ4v) is 7.61. The Bertz CT molecular complexity index is 2660. The molecule has 0 saturated carbocycles. The summed E-state index contributed by atoms with van der Waals surface area (Å²) in [6.07, 6.45) is 7.74. The molecule has 7 nitrogen and oxygen atoms in total. The molecule has 0 N–H and O–H groups in total. The van der Waals surface area contributed by atoms with Gasteiger partial charge in [-0.3, -0.25) is 4.68 Å². The van der Waals surface area contributed by atoms with Crippen LogP contribution in [0.2, 0.25) is 0 Å².